The minimum absolute atomic E-state index is 0.648. The predicted molar refractivity (Wildman–Crippen MR) is 28.9 cm³/mol. The minimum Gasteiger partial charge on any atom is -0.549 e. The summed E-state index contributed by atoms with van der Waals surface area (Å²) in [4.78, 5) is 19.9. The van der Waals surface area contributed by atoms with Gasteiger partial charge < -0.3 is 10.1 Å². The van der Waals surface area contributed by atoms with Crippen LogP contribution in [0.1, 0.15) is 0 Å². The molecule has 8 heavy (non-hydrogen) atoms. The fraction of sp³-hybridized carbons (Fsp3) is 0. The minimum atomic E-state index is -0.741. The number of rotatable bonds is 1. The molecule has 0 unspecified atom stereocenters. The number of carbonyl (C=O) groups excluding carboxylic acids is 2. The Morgan fingerprint density at radius 1 is 1.62 bits per heavy atom. The Labute approximate surface area is 47.4 Å². The van der Waals surface area contributed by atoms with Crippen molar-refractivity contribution in [3.8, 4) is 0 Å². The second kappa shape index (κ2) is 2.85. The van der Waals surface area contributed by atoms with Gasteiger partial charge in [0.25, 0.3) is 0 Å². The second-order valence-electron chi connectivity index (χ2n) is 1.05. The van der Waals surface area contributed by atoms with Crippen LogP contribution in [0.25, 0.3) is 5.32 Å². The zero-order valence-electron chi connectivity index (χ0n) is 4.26. The van der Waals surface area contributed by atoms with E-state index in [1.807, 2.05) is 0 Å². The molecule has 0 N–H and O–H groups in total. The summed E-state index contributed by atoms with van der Waals surface area (Å²) in [6.45, 7) is 5.94. The highest BCUT2D eigenvalue weighted by Crippen LogP contribution is 1.87. The molecule has 0 bridgehead atoms. The third kappa shape index (κ3) is 2.96. The van der Waals surface area contributed by atoms with E-state index < -0.39 is 11.8 Å². The third-order valence-electron chi connectivity index (χ3n) is 0.410. The van der Waals surface area contributed by atoms with E-state index in [1.54, 1.807) is 0 Å². The largest absolute Gasteiger partial charge is 0.549 e. The summed E-state index contributed by atoms with van der Waals surface area (Å²) in [7, 11) is 0. The molecule has 0 rings (SSSR count). The van der Waals surface area contributed by atoms with Gasteiger partial charge in [0.15, 0.2) is 0 Å². The van der Waals surface area contributed by atoms with Crippen LogP contribution < -0.4 is 0 Å². The van der Waals surface area contributed by atoms with E-state index in [-0.39, 0.29) is 0 Å². The Morgan fingerprint density at radius 2 is 2.12 bits per heavy atom. The van der Waals surface area contributed by atoms with Crippen molar-refractivity contribution >= 4 is 11.8 Å². The van der Waals surface area contributed by atoms with Gasteiger partial charge in [-0.25, -0.2) is 0 Å². The van der Waals surface area contributed by atoms with Crippen LogP contribution in [0.2, 0.25) is 0 Å². The van der Waals surface area contributed by atoms with Gasteiger partial charge in [0.2, 0.25) is 5.91 Å². The molecule has 0 atom stereocenters. The Balaban J connectivity index is 3.55. The van der Waals surface area contributed by atoms with E-state index in [2.05, 4.69) is 18.8 Å². The van der Waals surface area contributed by atoms with Crippen molar-refractivity contribution in [2.24, 2.45) is 0 Å². The molecule has 3 heteroatoms. The second-order valence-corrected chi connectivity index (χ2v) is 1.05. The van der Waals surface area contributed by atoms with Crippen molar-refractivity contribution in [2.45, 2.75) is 0 Å². The molecular weight excluding hydrogens is 106 g/mol. The van der Waals surface area contributed by atoms with Gasteiger partial charge >= 0.3 is 0 Å². The third-order valence-corrected chi connectivity index (χ3v) is 0.410. The molecule has 3 nitrogen and oxygen atoms in total. The standard InChI is InChI=1S/C5H5NO2/c1-3-5(8)6-4(2)7/h3H,1-2H2. The van der Waals surface area contributed by atoms with Crippen molar-refractivity contribution in [1.29, 1.82) is 0 Å². The van der Waals surface area contributed by atoms with Crippen LogP contribution in [0, 0.1) is 6.92 Å². The first kappa shape index (κ1) is 6.75. The molecule has 0 saturated carbocycles. The molecule has 0 aliphatic carbocycles. The molecule has 0 radical (unpaired) electrons. The van der Waals surface area contributed by atoms with Gasteiger partial charge in [-0.15, -0.1) is 0 Å². The average Bonchev–Trinajstić information content (AvgIpc) is 1.65. The fourth-order valence-electron chi connectivity index (χ4n) is 0.169. The molecule has 0 aromatic heterocycles. The predicted octanol–water partition coefficient (Wildman–Crippen LogP) is 0.433. The number of imide groups is 1. The van der Waals surface area contributed by atoms with Gasteiger partial charge in [-0.3, -0.25) is 4.79 Å². The first-order chi connectivity index (χ1) is 3.66. The van der Waals surface area contributed by atoms with E-state index in [4.69, 9.17) is 0 Å². The number of hydrogen-bond donors (Lipinski definition) is 0. The van der Waals surface area contributed by atoms with Gasteiger partial charge in [-0.2, -0.15) is 0 Å². The summed E-state index contributed by atoms with van der Waals surface area (Å²) in [5.74, 6) is -1.39. The monoisotopic (exact) mass is 111 g/mol. The van der Waals surface area contributed by atoms with E-state index in [9.17, 15) is 9.59 Å². The lowest BCUT2D eigenvalue weighted by Crippen LogP contribution is -1.96. The summed E-state index contributed by atoms with van der Waals surface area (Å²) < 4.78 is 0. The highest BCUT2D eigenvalue weighted by Gasteiger charge is 1.84. The number of nitrogens with zero attached hydrogens (tertiary/aromatic N) is 1. The van der Waals surface area contributed by atoms with Gasteiger partial charge in [-0.05, 0) is 6.08 Å². The molecule has 0 aliphatic rings. The van der Waals surface area contributed by atoms with Crippen molar-refractivity contribution < 1.29 is 9.59 Å². The van der Waals surface area contributed by atoms with Gasteiger partial charge in [-0.1, -0.05) is 6.58 Å². The van der Waals surface area contributed by atoms with E-state index in [0.29, 0.717) is 0 Å². The molecule has 0 spiro atoms. The van der Waals surface area contributed by atoms with E-state index >= 15 is 0 Å². The van der Waals surface area contributed by atoms with Crippen LogP contribution in [-0.4, -0.2) is 11.8 Å². The number of amides is 2. The topological polar surface area (TPSA) is 48.2 Å². The van der Waals surface area contributed by atoms with Crippen LogP contribution >= 0.6 is 0 Å². The van der Waals surface area contributed by atoms with Crippen molar-refractivity contribution in [1.82, 2.24) is 0 Å². The Morgan fingerprint density at radius 3 is 2.25 bits per heavy atom. The Hall–Kier alpha value is -1.25. The summed E-state index contributed by atoms with van der Waals surface area (Å²) in [6.07, 6.45) is 0.947. The smallest absolute Gasteiger partial charge is 0.240 e. The number of carbonyl (C=O) groups is 2. The van der Waals surface area contributed by atoms with Crippen LogP contribution in [0.5, 0.6) is 0 Å². The van der Waals surface area contributed by atoms with Crippen LogP contribution in [0.3, 0.4) is 0 Å². The van der Waals surface area contributed by atoms with Gasteiger partial charge in [0.1, 0.15) is 6.92 Å². The lowest BCUT2D eigenvalue weighted by Gasteiger charge is -2.02. The lowest BCUT2D eigenvalue weighted by molar-refractivity contribution is -0.116. The van der Waals surface area contributed by atoms with E-state index in [0.717, 1.165) is 6.08 Å². The maximum absolute atomic E-state index is 10.1. The zero-order chi connectivity index (χ0) is 6.57. The first-order valence-electron chi connectivity index (χ1n) is 1.91. The Bertz CT molecular complexity index is 128. The molecular formula is C5H5NO2. The quantitative estimate of drug-likeness (QED) is 0.364. The lowest BCUT2D eigenvalue weighted by atomic mass is 10.5. The summed E-state index contributed by atoms with van der Waals surface area (Å²) in [5, 5.41) is 2.89. The van der Waals surface area contributed by atoms with Crippen molar-refractivity contribution in [3.05, 3.63) is 24.9 Å². The zero-order valence-corrected chi connectivity index (χ0v) is 4.26. The maximum Gasteiger partial charge on any atom is 0.240 e. The molecule has 0 fully saturated rings. The summed E-state index contributed by atoms with van der Waals surface area (Å²) in [6, 6.07) is 0. The summed E-state index contributed by atoms with van der Waals surface area (Å²) >= 11 is 0. The SMILES string of the molecule is C=CC(=O)[N-]C([CH2+])=O. The van der Waals surface area contributed by atoms with Crippen LogP contribution in [-0.2, 0) is 9.59 Å². The normalized spacial score (nSPS) is 7.50. The maximum atomic E-state index is 10.1. The molecule has 2 amide bonds. The molecule has 0 aliphatic heterocycles. The highest BCUT2D eigenvalue weighted by molar-refractivity contribution is 6.18. The summed E-state index contributed by atoms with van der Waals surface area (Å²) in [5.41, 5.74) is 0. The molecule has 42 valence electrons. The van der Waals surface area contributed by atoms with Crippen LogP contribution in [0.4, 0.5) is 0 Å². The highest BCUT2D eigenvalue weighted by atomic mass is 16.2. The molecule has 0 aromatic rings. The Kier molecular flexibility index (Phi) is 2.40. The van der Waals surface area contributed by atoms with Crippen molar-refractivity contribution in [3.63, 3.8) is 0 Å². The van der Waals surface area contributed by atoms with Gasteiger partial charge in [0, 0.05) is 0 Å². The first-order valence-corrected chi connectivity index (χ1v) is 1.91. The van der Waals surface area contributed by atoms with Crippen molar-refractivity contribution in [2.75, 3.05) is 0 Å². The average molecular weight is 111 g/mol. The molecule has 0 saturated heterocycles. The molecule has 0 heterocycles. The van der Waals surface area contributed by atoms with E-state index in [1.165, 1.54) is 0 Å². The fourth-order valence-corrected chi connectivity index (χ4v) is 0.169. The number of hydrogen-bond acceptors (Lipinski definition) is 2. The molecule has 0 aromatic carbocycles. The van der Waals surface area contributed by atoms with Crippen LogP contribution in [0.15, 0.2) is 12.7 Å². The van der Waals surface area contributed by atoms with Gasteiger partial charge in [0.05, 0.1) is 5.91 Å².